The molecule has 0 aromatic heterocycles. The summed E-state index contributed by atoms with van der Waals surface area (Å²) in [5, 5.41) is 18.3. The molecule has 0 aromatic rings. The van der Waals surface area contributed by atoms with Crippen molar-refractivity contribution in [2.45, 2.75) is 33.0 Å². The van der Waals surface area contributed by atoms with E-state index in [-0.39, 0.29) is 5.57 Å². The molecule has 0 aliphatic rings. The maximum atomic E-state index is 12.7. The average Bonchev–Trinajstić information content (AvgIpc) is 1.98. The molecule has 0 aliphatic heterocycles. The van der Waals surface area contributed by atoms with E-state index in [0.29, 0.717) is 0 Å². The Hall–Kier alpha value is -0.670. The van der Waals surface area contributed by atoms with E-state index in [4.69, 9.17) is 5.11 Å². The largest absolute Gasteiger partial charge is 0.390 e. The Labute approximate surface area is 72.0 Å². The molecule has 12 heavy (non-hydrogen) atoms. The number of halogens is 1. The van der Waals surface area contributed by atoms with Crippen LogP contribution in [0, 0.1) is 0 Å². The predicted molar refractivity (Wildman–Crippen MR) is 46.3 cm³/mol. The summed E-state index contributed by atoms with van der Waals surface area (Å²) in [6.07, 6.45) is 0.963. The lowest BCUT2D eigenvalue weighted by Gasteiger charge is -2.14. The van der Waals surface area contributed by atoms with Gasteiger partial charge in [-0.15, -0.1) is 0 Å². The van der Waals surface area contributed by atoms with Gasteiger partial charge in [-0.3, -0.25) is 0 Å². The second-order valence-corrected chi connectivity index (χ2v) is 2.67. The molecule has 2 atom stereocenters. The van der Waals surface area contributed by atoms with E-state index in [1.54, 1.807) is 13.0 Å². The SMILES string of the molecule is CC=CC(=C(C)F)C(O)C(C)O. The number of allylic oxidation sites excluding steroid dienone is 2. The Kier molecular flexibility index (Phi) is 4.78. The molecule has 70 valence electrons. The molecule has 0 radical (unpaired) electrons. The van der Waals surface area contributed by atoms with Gasteiger partial charge in [-0.2, -0.15) is 0 Å². The summed E-state index contributed by atoms with van der Waals surface area (Å²) in [5.74, 6) is -0.471. The van der Waals surface area contributed by atoms with Crippen molar-refractivity contribution < 1.29 is 14.6 Å². The second kappa shape index (κ2) is 5.06. The molecule has 0 aromatic carbocycles. The third-order valence-corrected chi connectivity index (χ3v) is 1.52. The van der Waals surface area contributed by atoms with Gasteiger partial charge in [0.15, 0.2) is 0 Å². The highest BCUT2D eigenvalue weighted by Gasteiger charge is 2.16. The van der Waals surface area contributed by atoms with Crippen LogP contribution < -0.4 is 0 Å². The first-order chi connectivity index (χ1) is 5.50. The fourth-order valence-corrected chi connectivity index (χ4v) is 0.857. The van der Waals surface area contributed by atoms with E-state index in [1.165, 1.54) is 19.9 Å². The minimum absolute atomic E-state index is 0.132. The average molecular weight is 174 g/mol. The van der Waals surface area contributed by atoms with Crippen molar-refractivity contribution in [3.05, 3.63) is 23.6 Å². The zero-order valence-electron chi connectivity index (χ0n) is 7.58. The van der Waals surface area contributed by atoms with E-state index in [0.717, 1.165) is 0 Å². The van der Waals surface area contributed by atoms with Crippen LogP contribution in [0.2, 0.25) is 0 Å². The number of hydrogen-bond acceptors (Lipinski definition) is 2. The summed E-state index contributed by atoms with van der Waals surface area (Å²) in [5.41, 5.74) is 0.132. The molecule has 0 fully saturated rings. The van der Waals surface area contributed by atoms with Crippen molar-refractivity contribution >= 4 is 0 Å². The smallest absolute Gasteiger partial charge is 0.107 e. The molecule has 0 saturated carbocycles. The van der Waals surface area contributed by atoms with E-state index in [9.17, 15) is 9.50 Å². The van der Waals surface area contributed by atoms with Crippen LogP contribution in [0.15, 0.2) is 23.6 Å². The zero-order chi connectivity index (χ0) is 9.72. The van der Waals surface area contributed by atoms with Gasteiger partial charge in [0.05, 0.1) is 6.10 Å². The van der Waals surface area contributed by atoms with Crippen LogP contribution in [0.3, 0.4) is 0 Å². The van der Waals surface area contributed by atoms with Gasteiger partial charge >= 0.3 is 0 Å². The Balaban J connectivity index is 4.65. The number of rotatable bonds is 3. The van der Waals surface area contributed by atoms with Crippen LogP contribution in [0.1, 0.15) is 20.8 Å². The van der Waals surface area contributed by atoms with Gasteiger partial charge in [0.1, 0.15) is 11.9 Å². The molecule has 0 heterocycles. The summed E-state index contributed by atoms with van der Waals surface area (Å²) in [6.45, 7) is 4.38. The number of hydrogen-bond donors (Lipinski definition) is 2. The first-order valence-corrected chi connectivity index (χ1v) is 3.85. The molecule has 2 N–H and O–H groups in total. The maximum Gasteiger partial charge on any atom is 0.107 e. The summed E-state index contributed by atoms with van der Waals surface area (Å²) >= 11 is 0. The summed E-state index contributed by atoms with van der Waals surface area (Å²) in [4.78, 5) is 0. The van der Waals surface area contributed by atoms with E-state index in [1.807, 2.05) is 0 Å². The van der Waals surface area contributed by atoms with Crippen molar-refractivity contribution in [2.75, 3.05) is 0 Å². The van der Waals surface area contributed by atoms with Crippen molar-refractivity contribution in [1.82, 2.24) is 0 Å². The third kappa shape index (κ3) is 3.15. The first kappa shape index (κ1) is 11.3. The highest BCUT2D eigenvalue weighted by Crippen LogP contribution is 2.14. The maximum absolute atomic E-state index is 12.7. The Morgan fingerprint density at radius 3 is 2.17 bits per heavy atom. The van der Waals surface area contributed by atoms with Gasteiger partial charge in [0.2, 0.25) is 0 Å². The molecular formula is C9H15FO2. The van der Waals surface area contributed by atoms with Gasteiger partial charge < -0.3 is 10.2 Å². The molecule has 0 spiro atoms. The van der Waals surface area contributed by atoms with Crippen LogP contribution in [-0.4, -0.2) is 22.4 Å². The third-order valence-electron chi connectivity index (χ3n) is 1.52. The fraction of sp³-hybridized carbons (Fsp3) is 0.556. The Morgan fingerprint density at radius 1 is 1.42 bits per heavy atom. The van der Waals surface area contributed by atoms with Gasteiger partial charge in [-0.05, 0) is 20.8 Å². The summed E-state index contributed by atoms with van der Waals surface area (Å²) < 4.78 is 12.7. The Morgan fingerprint density at radius 2 is 1.92 bits per heavy atom. The molecular weight excluding hydrogens is 159 g/mol. The zero-order valence-corrected chi connectivity index (χ0v) is 7.58. The standard InChI is InChI=1S/C9H15FO2/c1-4-5-8(6(2)10)9(12)7(3)11/h4-5,7,9,11-12H,1-3H3. The monoisotopic (exact) mass is 174 g/mol. The fourth-order valence-electron chi connectivity index (χ4n) is 0.857. The topological polar surface area (TPSA) is 40.5 Å². The highest BCUT2D eigenvalue weighted by molar-refractivity contribution is 5.25. The van der Waals surface area contributed by atoms with E-state index < -0.39 is 18.0 Å². The van der Waals surface area contributed by atoms with Crippen LogP contribution in [-0.2, 0) is 0 Å². The first-order valence-electron chi connectivity index (χ1n) is 3.85. The summed E-state index contributed by atoms with van der Waals surface area (Å²) in [6, 6.07) is 0. The molecule has 0 bridgehead atoms. The van der Waals surface area contributed by atoms with Crippen LogP contribution in [0.25, 0.3) is 0 Å². The Bertz CT molecular complexity index is 191. The van der Waals surface area contributed by atoms with Crippen molar-refractivity contribution in [3.8, 4) is 0 Å². The van der Waals surface area contributed by atoms with E-state index in [2.05, 4.69) is 0 Å². The van der Waals surface area contributed by atoms with Gasteiger partial charge in [0, 0.05) is 5.57 Å². The van der Waals surface area contributed by atoms with Crippen molar-refractivity contribution in [2.24, 2.45) is 0 Å². The molecule has 0 rings (SSSR count). The van der Waals surface area contributed by atoms with Gasteiger partial charge in [-0.1, -0.05) is 12.2 Å². The molecule has 0 amide bonds. The molecule has 3 heteroatoms. The highest BCUT2D eigenvalue weighted by atomic mass is 19.1. The predicted octanol–water partition coefficient (Wildman–Crippen LogP) is 1.55. The quantitative estimate of drug-likeness (QED) is 0.637. The minimum atomic E-state index is -1.15. The molecule has 2 unspecified atom stereocenters. The summed E-state index contributed by atoms with van der Waals surface area (Å²) in [7, 11) is 0. The molecule has 0 saturated heterocycles. The lowest BCUT2D eigenvalue weighted by Crippen LogP contribution is -2.24. The van der Waals surface area contributed by atoms with Crippen molar-refractivity contribution in [3.63, 3.8) is 0 Å². The lowest BCUT2D eigenvalue weighted by molar-refractivity contribution is 0.0552. The number of aliphatic hydroxyl groups is 2. The van der Waals surface area contributed by atoms with Crippen molar-refractivity contribution in [1.29, 1.82) is 0 Å². The minimum Gasteiger partial charge on any atom is -0.390 e. The van der Waals surface area contributed by atoms with Crippen LogP contribution in [0.5, 0.6) is 0 Å². The van der Waals surface area contributed by atoms with Gasteiger partial charge in [0.25, 0.3) is 0 Å². The van der Waals surface area contributed by atoms with E-state index >= 15 is 0 Å². The lowest BCUT2D eigenvalue weighted by atomic mass is 10.0. The second-order valence-electron chi connectivity index (χ2n) is 2.67. The molecule has 0 aliphatic carbocycles. The van der Waals surface area contributed by atoms with Crippen LogP contribution in [0.4, 0.5) is 4.39 Å². The van der Waals surface area contributed by atoms with Gasteiger partial charge in [-0.25, -0.2) is 4.39 Å². The number of aliphatic hydroxyl groups excluding tert-OH is 2. The van der Waals surface area contributed by atoms with Crippen LogP contribution >= 0.6 is 0 Å². The molecule has 2 nitrogen and oxygen atoms in total. The normalized spacial score (nSPS) is 19.2.